The molecule has 3 N–H and O–H groups in total. The van der Waals surface area contributed by atoms with Gasteiger partial charge in [0.05, 0.1) is 11.9 Å². The van der Waals surface area contributed by atoms with Crippen molar-refractivity contribution in [1.82, 2.24) is 4.98 Å². The fraction of sp³-hybridized carbons (Fsp3) is 0. The van der Waals surface area contributed by atoms with Crippen LogP contribution in [0, 0.1) is 0 Å². The fourth-order valence-corrected chi connectivity index (χ4v) is 1.71. The molecule has 4 nitrogen and oxygen atoms in total. The number of furan rings is 1. The lowest BCUT2D eigenvalue weighted by molar-refractivity contribution is 0.476. The van der Waals surface area contributed by atoms with Crippen LogP contribution >= 0.6 is 0 Å². The molecule has 0 bridgehead atoms. The van der Waals surface area contributed by atoms with E-state index in [1.54, 1.807) is 36.5 Å². The number of hydrogen-bond acceptors (Lipinski definition) is 4. The quantitative estimate of drug-likeness (QED) is 0.669. The molecule has 3 rings (SSSR count). The highest BCUT2D eigenvalue weighted by atomic mass is 16.3. The van der Waals surface area contributed by atoms with E-state index < -0.39 is 0 Å². The number of nitrogens with zero attached hydrogens (tertiary/aromatic N) is 1. The molecule has 2 heterocycles. The van der Waals surface area contributed by atoms with Crippen molar-refractivity contribution in [2.24, 2.45) is 0 Å². The number of pyridine rings is 1. The second-order valence-corrected chi connectivity index (χ2v) is 3.81. The molecule has 17 heavy (non-hydrogen) atoms. The number of nitrogen functional groups attached to an aromatic ring is 1. The van der Waals surface area contributed by atoms with Gasteiger partial charge in [-0.1, -0.05) is 0 Å². The zero-order valence-electron chi connectivity index (χ0n) is 8.92. The zero-order chi connectivity index (χ0) is 11.8. The van der Waals surface area contributed by atoms with Crippen LogP contribution in [0.2, 0.25) is 0 Å². The van der Waals surface area contributed by atoms with Gasteiger partial charge in [0.1, 0.15) is 17.0 Å². The maximum absolute atomic E-state index is 9.37. The normalized spacial score (nSPS) is 10.8. The Labute approximate surface area is 97.3 Å². The first-order chi connectivity index (χ1) is 8.22. The molecule has 0 aliphatic rings. The third-order valence-corrected chi connectivity index (χ3v) is 2.54. The molecule has 0 amide bonds. The Bertz CT molecular complexity index is 671. The number of nitrogens with two attached hydrogens (primary N) is 1. The number of phenols is 1. The second kappa shape index (κ2) is 3.52. The summed E-state index contributed by atoms with van der Waals surface area (Å²) in [6.07, 6.45) is 1.58. The van der Waals surface area contributed by atoms with Crippen LogP contribution in [0.5, 0.6) is 5.75 Å². The molecule has 1 aromatic carbocycles. The predicted molar refractivity (Wildman–Crippen MR) is 65.5 cm³/mol. The van der Waals surface area contributed by atoms with E-state index in [4.69, 9.17) is 10.2 Å². The molecule has 0 spiro atoms. The van der Waals surface area contributed by atoms with Crippen molar-refractivity contribution in [2.45, 2.75) is 0 Å². The molecule has 0 aliphatic carbocycles. The van der Waals surface area contributed by atoms with E-state index in [1.165, 1.54) is 0 Å². The maximum Gasteiger partial charge on any atom is 0.153 e. The van der Waals surface area contributed by atoms with Crippen LogP contribution in [-0.2, 0) is 0 Å². The van der Waals surface area contributed by atoms with E-state index in [-0.39, 0.29) is 5.75 Å². The van der Waals surface area contributed by atoms with Gasteiger partial charge < -0.3 is 15.3 Å². The van der Waals surface area contributed by atoms with Gasteiger partial charge >= 0.3 is 0 Å². The third kappa shape index (κ3) is 1.69. The fourth-order valence-electron chi connectivity index (χ4n) is 1.71. The topological polar surface area (TPSA) is 72.3 Å². The highest BCUT2D eigenvalue weighted by Gasteiger charge is 2.07. The second-order valence-electron chi connectivity index (χ2n) is 3.81. The van der Waals surface area contributed by atoms with Crippen LogP contribution in [0.4, 0.5) is 5.69 Å². The van der Waals surface area contributed by atoms with Crippen molar-refractivity contribution >= 4 is 16.7 Å². The Morgan fingerprint density at radius 3 is 2.76 bits per heavy atom. The summed E-state index contributed by atoms with van der Waals surface area (Å²) in [6.45, 7) is 0. The van der Waals surface area contributed by atoms with Gasteiger partial charge in [0.25, 0.3) is 0 Å². The smallest absolute Gasteiger partial charge is 0.153 e. The van der Waals surface area contributed by atoms with Crippen LogP contribution in [0.15, 0.2) is 47.0 Å². The van der Waals surface area contributed by atoms with Crippen LogP contribution in [-0.4, -0.2) is 10.1 Å². The van der Waals surface area contributed by atoms with Gasteiger partial charge in [0.15, 0.2) is 5.76 Å². The monoisotopic (exact) mass is 226 g/mol. The summed E-state index contributed by atoms with van der Waals surface area (Å²) in [7, 11) is 0. The van der Waals surface area contributed by atoms with E-state index in [2.05, 4.69) is 4.98 Å². The summed E-state index contributed by atoms with van der Waals surface area (Å²) in [5.41, 5.74) is 7.62. The lowest BCUT2D eigenvalue weighted by Gasteiger charge is -1.95. The minimum atomic E-state index is 0.218. The summed E-state index contributed by atoms with van der Waals surface area (Å²) < 4.78 is 5.63. The van der Waals surface area contributed by atoms with Gasteiger partial charge in [0.2, 0.25) is 0 Å². The first-order valence-electron chi connectivity index (χ1n) is 5.17. The largest absolute Gasteiger partial charge is 0.508 e. The van der Waals surface area contributed by atoms with Crippen LogP contribution in [0.1, 0.15) is 0 Å². The standard InChI is InChI=1S/C13H10N2O2/c14-9-1-3-11(15-7-9)13-6-8-5-10(16)2-4-12(8)17-13/h1-7,16H,14H2. The maximum atomic E-state index is 9.37. The molecule has 84 valence electrons. The summed E-state index contributed by atoms with van der Waals surface area (Å²) in [4.78, 5) is 4.18. The number of aromatic nitrogens is 1. The van der Waals surface area contributed by atoms with Crippen molar-refractivity contribution in [2.75, 3.05) is 5.73 Å². The third-order valence-electron chi connectivity index (χ3n) is 2.54. The number of fused-ring (bicyclic) bond motifs is 1. The van der Waals surface area contributed by atoms with Gasteiger partial charge in [-0.05, 0) is 36.4 Å². The number of hydrogen-bond donors (Lipinski definition) is 2. The van der Waals surface area contributed by atoms with Crippen molar-refractivity contribution in [3.63, 3.8) is 0 Å². The van der Waals surface area contributed by atoms with Crippen molar-refractivity contribution in [3.05, 3.63) is 42.6 Å². The SMILES string of the molecule is Nc1ccc(-c2cc3cc(O)ccc3o2)nc1. The van der Waals surface area contributed by atoms with Crippen LogP contribution in [0.3, 0.4) is 0 Å². The first kappa shape index (κ1) is 9.72. The van der Waals surface area contributed by atoms with Gasteiger partial charge in [-0.3, -0.25) is 4.98 Å². The number of rotatable bonds is 1. The summed E-state index contributed by atoms with van der Waals surface area (Å²) >= 11 is 0. The van der Waals surface area contributed by atoms with Crippen molar-refractivity contribution in [1.29, 1.82) is 0 Å². The molecule has 3 aromatic rings. The van der Waals surface area contributed by atoms with E-state index in [0.717, 1.165) is 16.7 Å². The van der Waals surface area contributed by atoms with Crippen LogP contribution < -0.4 is 5.73 Å². The molecule has 0 atom stereocenters. The lowest BCUT2D eigenvalue weighted by Crippen LogP contribution is -1.86. The average molecular weight is 226 g/mol. The molecule has 0 fully saturated rings. The Morgan fingerprint density at radius 1 is 1.12 bits per heavy atom. The number of aromatic hydroxyl groups is 1. The average Bonchev–Trinajstić information content (AvgIpc) is 2.72. The predicted octanol–water partition coefficient (Wildman–Crippen LogP) is 2.78. The first-order valence-corrected chi connectivity index (χ1v) is 5.17. The van der Waals surface area contributed by atoms with Gasteiger partial charge in [-0.25, -0.2) is 0 Å². The summed E-state index contributed by atoms with van der Waals surface area (Å²) in [5.74, 6) is 0.876. The summed E-state index contributed by atoms with van der Waals surface area (Å²) in [5, 5.41) is 10.2. The van der Waals surface area contributed by atoms with Gasteiger partial charge in [-0.2, -0.15) is 0 Å². The number of benzene rings is 1. The lowest BCUT2D eigenvalue weighted by atomic mass is 10.2. The molecule has 4 heteroatoms. The van der Waals surface area contributed by atoms with Crippen LogP contribution in [0.25, 0.3) is 22.4 Å². The zero-order valence-corrected chi connectivity index (χ0v) is 8.92. The van der Waals surface area contributed by atoms with E-state index in [1.807, 2.05) is 6.07 Å². The summed E-state index contributed by atoms with van der Waals surface area (Å²) in [6, 6.07) is 10.4. The number of phenolic OH excluding ortho intramolecular Hbond substituents is 1. The Kier molecular flexibility index (Phi) is 2.01. The molecular weight excluding hydrogens is 216 g/mol. The van der Waals surface area contributed by atoms with Gasteiger partial charge in [-0.15, -0.1) is 0 Å². The van der Waals surface area contributed by atoms with E-state index in [0.29, 0.717) is 11.4 Å². The van der Waals surface area contributed by atoms with Crippen molar-refractivity contribution < 1.29 is 9.52 Å². The van der Waals surface area contributed by atoms with E-state index in [9.17, 15) is 5.11 Å². The highest BCUT2D eigenvalue weighted by Crippen LogP contribution is 2.28. The molecular formula is C13H10N2O2. The Hall–Kier alpha value is -2.49. The van der Waals surface area contributed by atoms with Crippen molar-refractivity contribution in [3.8, 4) is 17.2 Å². The Balaban J connectivity index is 2.14. The molecule has 0 saturated carbocycles. The van der Waals surface area contributed by atoms with Gasteiger partial charge in [0, 0.05) is 5.39 Å². The molecule has 0 aliphatic heterocycles. The molecule has 2 aromatic heterocycles. The Morgan fingerprint density at radius 2 is 2.00 bits per heavy atom. The minimum absolute atomic E-state index is 0.218. The number of anilines is 1. The molecule has 0 saturated heterocycles. The molecule has 0 unspecified atom stereocenters. The highest BCUT2D eigenvalue weighted by molar-refractivity contribution is 5.83. The van der Waals surface area contributed by atoms with E-state index >= 15 is 0 Å². The minimum Gasteiger partial charge on any atom is -0.508 e. The molecule has 0 radical (unpaired) electrons.